The second-order valence-corrected chi connectivity index (χ2v) is 3.70. The van der Waals surface area contributed by atoms with E-state index in [0.29, 0.717) is 0 Å². The van der Waals surface area contributed by atoms with Gasteiger partial charge in [-0.05, 0) is 24.6 Å². The highest BCUT2D eigenvalue weighted by atomic mass is 35.5. The van der Waals surface area contributed by atoms with Gasteiger partial charge in [-0.2, -0.15) is 13.2 Å². The smallest absolute Gasteiger partial charge is 0.417 e. The van der Waals surface area contributed by atoms with Gasteiger partial charge >= 0.3 is 12.1 Å². The first kappa shape index (κ1) is 12.8. The molecule has 0 aliphatic heterocycles. The molecule has 1 atom stereocenters. The number of rotatable bonds is 2. The minimum atomic E-state index is -4.58. The molecule has 2 nitrogen and oxygen atoms in total. The normalized spacial score (nSPS) is 13.6. The van der Waals surface area contributed by atoms with E-state index in [0.717, 1.165) is 12.1 Å². The van der Waals surface area contributed by atoms with E-state index in [-0.39, 0.29) is 5.56 Å². The molecule has 0 aliphatic carbocycles. The fourth-order valence-corrected chi connectivity index (χ4v) is 1.40. The molecule has 0 unspecified atom stereocenters. The summed E-state index contributed by atoms with van der Waals surface area (Å²) in [7, 11) is 0. The topological polar surface area (TPSA) is 37.3 Å². The Hall–Kier alpha value is -1.23. The van der Waals surface area contributed by atoms with E-state index in [1.165, 1.54) is 13.0 Å². The Morgan fingerprint density at radius 2 is 2.00 bits per heavy atom. The van der Waals surface area contributed by atoms with Crippen LogP contribution in [-0.2, 0) is 11.0 Å². The largest absolute Gasteiger partial charge is 0.481 e. The first-order chi connectivity index (χ1) is 7.23. The van der Waals surface area contributed by atoms with Gasteiger partial charge in [-0.15, -0.1) is 0 Å². The summed E-state index contributed by atoms with van der Waals surface area (Å²) in [6.45, 7) is 1.31. The maximum atomic E-state index is 12.5. The lowest BCUT2D eigenvalue weighted by Crippen LogP contribution is -2.11. The van der Waals surface area contributed by atoms with Gasteiger partial charge in [0.2, 0.25) is 0 Å². The molecule has 0 saturated heterocycles. The van der Waals surface area contributed by atoms with Gasteiger partial charge in [0.1, 0.15) is 0 Å². The zero-order chi connectivity index (χ0) is 12.5. The molecule has 0 saturated carbocycles. The molecule has 0 spiro atoms. The quantitative estimate of drug-likeness (QED) is 0.874. The molecule has 1 aromatic carbocycles. The number of carbonyl (C=O) groups is 1. The van der Waals surface area contributed by atoms with Crippen LogP contribution in [0.15, 0.2) is 18.2 Å². The fourth-order valence-electron chi connectivity index (χ4n) is 1.17. The number of carboxylic acid groups (broad SMARTS) is 1. The van der Waals surface area contributed by atoms with E-state index >= 15 is 0 Å². The zero-order valence-electron chi connectivity index (χ0n) is 8.18. The fraction of sp³-hybridized carbons (Fsp3) is 0.300. The van der Waals surface area contributed by atoms with Crippen molar-refractivity contribution in [1.29, 1.82) is 0 Å². The number of alkyl halides is 3. The Balaban J connectivity index is 3.23. The molecule has 0 radical (unpaired) electrons. The molecule has 1 N–H and O–H groups in total. The highest BCUT2D eigenvalue weighted by Gasteiger charge is 2.34. The van der Waals surface area contributed by atoms with Crippen LogP contribution >= 0.6 is 11.6 Å². The maximum absolute atomic E-state index is 12.5. The first-order valence-electron chi connectivity index (χ1n) is 4.33. The minimum absolute atomic E-state index is 0.0734. The third-order valence-electron chi connectivity index (χ3n) is 2.17. The van der Waals surface area contributed by atoms with E-state index in [2.05, 4.69) is 0 Å². The molecule has 88 valence electrons. The Morgan fingerprint density at radius 3 is 2.44 bits per heavy atom. The summed E-state index contributed by atoms with van der Waals surface area (Å²) in [5.41, 5.74) is -0.941. The third-order valence-corrected chi connectivity index (χ3v) is 2.50. The standard InChI is InChI=1S/C10H8ClF3O2/c1-5(9(15)16)6-2-3-8(11)7(4-6)10(12,13)14/h2-5H,1H3,(H,15,16)/t5-/m0/s1. The number of benzene rings is 1. The van der Waals surface area contributed by atoms with Crippen LogP contribution in [0.1, 0.15) is 24.0 Å². The van der Waals surface area contributed by atoms with Crippen molar-refractivity contribution in [2.24, 2.45) is 0 Å². The van der Waals surface area contributed by atoms with E-state index < -0.39 is 28.6 Å². The van der Waals surface area contributed by atoms with Crippen molar-refractivity contribution in [1.82, 2.24) is 0 Å². The van der Waals surface area contributed by atoms with Crippen molar-refractivity contribution < 1.29 is 23.1 Å². The van der Waals surface area contributed by atoms with Gasteiger partial charge in [-0.25, -0.2) is 0 Å². The summed E-state index contributed by atoms with van der Waals surface area (Å²) in [6, 6.07) is 3.09. The molecule has 0 bridgehead atoms. The average Bonchev–Trinajstić information content (AvgIpc) is 2.15. The van der Waals surface area contributed by atoms with Crippen molar-refractivity contribution >= 4 is 17.6 Å². The van der Waals surface area contributed by atoms with Crippen molar-refractivity contribution in [3.63, 3.8) is 0 Å². The van der Waals surface area contributed by atoms with E-state index in [9.17, 15) is 18.0 Å². The monoisotopic (exact) mass is 252 g/mol. The van der Waals surface area contributed by atoms with Crippen molar-refractivity contribution in [3.05, 3.63) is 34.3 Å². The Morgan fingerprint density at radius 1 is 1.44 bits per heavy atom. The van der Waals surface area contributed by atoms with Gasteiger partial charge in [0.15, 0.2) is 0 Å². The Kier molecular flexibility index (Phi) is 3.48. The average molecular weight is 253 g/mol. The second kappa shape index (κ2) is 4.33. The van der Waals surface area contributed by atoms with Crippen molar-refractivity contribution in [2.75, 3.05) is 0 Å². The van der Waals surface area contributed by atoms with Crippen LogP contribution in [0.4, 0.5) is 13.2 Å². The van der Waals surface area contributed by atoms with E-state index in [4.69, 9.17) is 16.7 Å². The molecule has 16 heavy (non-hydrogen) atoms. The lowest BCUT2D eigenvalue weighted by molar-refractivity contribution is -0.139. The predicted molar refractivity (Wildman–Crippen MR) is 52.5 cm³/mol. The van der Waals surface area contributed by atoms with Crippen LogP contribution in [0, 0.1) is 0 Å². The van der Waals surface area contributed by atoms with Crippen molar-refractivity contribution in [3.8, 4) is 0 Å². The molecule has 0 aromatic heterocycles. The minimum Gasteiger partial charge on any atom is -0.481 e. The number of carboxylic acids is 1. The van der Waals surface area contributed by atoms with Crippen LogP contribution in [0.2, 0.25) is 5.02 Å². The van der Waals surface area contributed by atoms with E-state index in [1.807, 2.05) is 0 Å². The lowest BCUT2D eigenvalue weighted by atomic mass is 9.99. The Labute approximate surface area is 94.6 Å². The molecule has 0 heterocycles. The summed E-state index contributed by atoms with van der Waals surface area (Å²) in [5, 5.41) is 8.25. The number of hydrogen-bond acceptors (Lipinski definition) is 1. The SMILES string of the molecule is C[C@H](C(=O)O)c1ccc(Cl)c(C(F)(F)F)c1. The van der Waals surface area contributed by atoms with Gasteiger partial charge in [-0.3, -0.25) is 4.79 Å². The third kappa shape index (κ3) is 2.66. The highest BCUT2D eigenvalue weighted by molar-refractivity contribution is 6.31. The molecule has 0 fully saturated rings. The summed E-state index contributed by atoms with van der Waals surface area (Å²) in [5.74, 6) is -2.19. The summed E-state index contributed by atoms with van der Waals surface area (Å²) < 4.78 is 37.4. The van der Waals surface area contributed by atoms with Crippen molar-refractivity contribution in [2.45, 2.75) is 19.0 Å². The van der Waals surface area contributed by atoms with E-state index in [1.54, 1.807) is 0 Å². The molecule has 0 aliphatic rings. The lowest BCUT2D eigenvalue weighted by Gasteiger charge is -2.12. The van der Waals surface area contributed by atoms with Crippen LogP contribution in [0.25, 0.3) is 0 Å². The molecular formula is C10H8ClF3O2. The maximum Gasteiger partial charge on any atom is 0.417 e. The molecule has 6 heteroatoms. The van der Waals surface area contributed by atoms with Gasteiger partial charge < -0.3 is 5.11 Å². The van der Waals surface area contributed by atoms with Gasteiger partial charge in [0.05, 0.1) is 16.5 Å². The van der Waals surface area contributed by atoms with Gasteiger partial charge in [0, 0.05) is 0 Å². The highest BCUT2D eigenvalue weighted by Crippen LogP contribution is 2.36. The molecule has 1 rings (SSSR count). The zero-order valence-corrected chi connectivity index (χ0v) is 8.93. The molecule has 0 amide bonds. The second-order valence-electron chi connectivity index (χ2n) is 3.30. The summed E-state index contributed by atoms with van der Waals surface area (Å²) >= 11 is 5.40. The summed E-state index contributed by atoms with van der Waals surface area (Å²) in [6.07, 6.45) is -4.58. The van der Waals surface area contributed by atoms with Gasteiger partial charge in [0.25, 0.3) is 0 Å². The van der Waals surface area contributed by atoms with Crippen LogP contribution in [0.3, 0.4) is 0 Å². The van der Waals surface area contributed by atoms with Crippen LogP contribution in [0.5, 0.6) is 0 Å². The van der Waals surface area contributed by atoms with Crippen LogP contribution in [-0.4, -0.2) is 11.1 Å². The predicted octanol–water partition coefficient (Wildman–Crippen LogP) is 3.55. The number of hydrogen-bond donors (Lipinski definition) is 1. The summed E-state index contributed by atoms with van der Waals surface area (Å²) in [4.78, 5) is 10.6. The van der Waals surface area contributed by atoms with Gasteiger partial charge in [-0.1, -0.05) is 17.7 Å². The Bertz CT molecular complexity index is 415. The number of halogens is 4. The number of aliphatic carboxylic acids is 1. The van der Waals surface area contributed by atoms with Crippen LogP contribution < -0.4 is 0 Å². The molecular weight excluding hydrogens is 245 g/mol. The first-order valence-corrected chi connectivity index (χ1v) is 4.70. The molecule has 1 aromatic rings.